The van der Waals surface area contributed by atoms with Crippen LogP contribution < -0.4 is 0 Å². The lowest BCUT2D eigenvalue weighted by atomic mass is 10.1. The molecule has 0 fully saturated rings. The van der Waals surface area contributed by atoms with Crippen molar-refractivity contribution in [1.29, 1.82) is 0 Å². The lowest BCUT2D eigenvalue weighted by molar-refractivity contribution is -0.154. The Morgan fingerprint density at radius 1 is 0.342 bits per heavy atom. The molecule has 0 bridgehead atoms. The number of nitrogens with zero attached hydrogens (tertiary/aromatic N) is 4. The molecule has 0 aliphatic heterocycles. The summed E-state index contributed by atoms with van der Waals surface area (Å²) in [5.74, 6) is 1.08. The minimum Gasteiger partial charge on any atom is -0.462 e. The summed E-state index contributed by atoms with van der Waals surface area (Å²) in [6.07, 6.45) is 27.5. The highest BCUT2D eigenvalue weighted by Crippen LogP contribution is 2.17. The molecule has 0 aliphatic carbocycles. The fourth-order valence-corrected chi connectivity index (χ4v) is 10.3. The van der Waals surface area contributed by atoms with Crippen molar-refractivity contribution in [1.82, 2.24) is 19.6 Å². The van der Waals surface area contributed by atoms with Gasteiger partial charge in [0.1, 0.15) is 39.6 Å². The summed E-state index contributed by atoms with van der Waals surface area (Å²) in [5.41, 5.74) is 0. The number of hydrogen-bond donors (Lipinski definition) is 0. The number of esters is 6. The molecule has 0 aliphatic rings. The number of carbonyl (C=O) groups excluding carboxylic acids is 6. The van der Waals surface area contributed by atoms with E-state index in [2.05, 4.69) is 33.4 Å². The zero-order chi connectivity index (χ0) is 58.6. The Morgan fingerprint density at radius 3 is 0.899 bits per heavy atom. The molecule has 3 atom stereocenters. The largest absolute Gasteiger partial charge is 0.462 e. The molecular weight excluding hydrogens is 1040 g/mol. The minimum absolute atomic E-state index is 0.0242. The maximum absolute atomic E-state index is 12.6. The second-order valence-corrected chi connectivity index (χ2v) is 24.1. The van der Waals surface area contributed by atoms with Gasteiger partial charge in [-0.2, -0.15) is 23.5 Å². The van der Waals surface area contributed by atoms with E-state index in [9.17, 15) is 28.8 Å². The quantitative estimate of drug-likeness (QED) is 0.0320. The van der Waals surface area contributed by atoms with E-state index in [0.29, 0.717) is 65.3 Å². The van der Waals surface area contributed by atoms with Crippen molar-refractivity contribution in [2.45, 2.75) is 196 Å². The Kier molecular flexibility index (Phi) is 52.8. The monoisotopic (exact) mass is 1160 g/mol. The molecule has 79 heavy (non-hydrogen) atoms. The van der Waals surface area contributed by atoms with Crippen LogP contribution in [-0.2, 0) is 57.2 Å². The summed E-state index contributed by atoms with van der Waals surface area (Å²) in [4.78, 5) is 83.2. The first-order valence-electron chi connectivity index (χ1n) is 31.0. The highest BCUT2D eigenvalue weighted by atomic mass is 32.2. The number of ether oxygens (including phenoxy) is 6. The Hall–Kier alpha value is -2.64. The van der Waals surface area contributed by atoms with Crippen molar-refractivity contribution in [3.8, 4) is 0 Å². The van der Waals surface area contributed by atoms with E-state index in [4.69, 9.17) is 28.4 Å². The predicted molar refractivity (Wildman–Crippen MR) is 325 cm³/mol. The van der Waals surface area contributed by atoms with Gasteiger partial charge in [-0.1, -0.05) is 157 Å². The van der Waals surface area contributed by atoms with Crippen molar-refractivity contribution in [3.63, 3.8) is 0 Å². The molecule has 0 rings (SSSR count). The molecule has 18 heteroatoms. The molecule has 3 unspecified atom stereocenters. The number of carbonyl (C=O) groups is 6. The predicted octanol–water partition coefficient (Wildman–Crippen LogP) is 11.1. The molecule has 464 valence electrons. The third-order valence-electron chi connectivity index (χ3n) is 14.1. The maximum Gasteiger partial charge on any atom is 0.309 e. The molecule has 0 aromatic carbocycles. The first kappa shape index (κ1) is 76.4. The van der Waals surface area contributed by atoms with Gasteiger partial charge < -0.3 is 43.1 Å². The fourth-order valence-electron chi connectivity index (χ4n) is 8.20. The Bertz CT molecular complexity index is 1440. The Labute approximate surface area is 490 Å². The summed E-state index contributed by atoms with van der Waals surface area (Å²) in [7, 11) is 5.88. The lowest BCUT2D eigenvalue weighted by Gasteiger charge is -2.29. The van der Waals surface area contributed by atoms with Crippen LogP contribution in [0.1, 0.15) is 196 Å². The summed E-state index contributed by atoms with van der Waals surface area (Å²) in [5, 5.41) is 0. The molecular formula is C61H116N4O12S2. The number of unbranched alkanes of at least 4 members (excludes halogenated alkanes) is 18. The molecule has 0 aromatic rings. The standard InChI is InChI=1S/C61H116N4O12S2/c1-10-13-15-17-19-21-23-25-27-29-49-78-51-54(5)60(70)76-47-44-73-57(67)32-35-63(8)38-41-65(40-37-62(7)34-31-56(66)72-43-46-75-59(69)53(4)12-3)42-39-64(9)36-33-58(68)74-45-48-77-61(71)55(6)52-79-50-30-28-26-24-22-20-18-16-14-11-2/h53-55H,10-52H2,1-9H3. The van der Waals surface area contributed by atoms with Crippen molar-refractivity contribution >= 4 is 59.3 Å². The smallest absolute Gasteiger partial charge is 0.309 e. The van der Waals surface area contributed by atoms with Crippen molar-refractivity contribution in [2.75, 3.05) is 143 Å². The van der Waals surface area contributed by atoms with Crippen molar-refractivity contribution < 1.29 is 57.2 Å². The van der Waals surface area contributed by atoms with Gasteiger partial charge in [-0.3, -0.25) is 33.7 Å². The molecule has 0 saturated heterocycles. The van der Waals surface area contributed by atoms with Crippen LogP contribution in [0, 0.1) is 17.8 Å². The highest BCUT2D eigenvalue weighted by molar-refractivity contribution is 7.99. The van der Waals surface area contributed by atoms with Crippen molar-refractivity contribution in [2.24, 2.45) is 17.8 Å². The van der Waals surface area contributed by atoms with Crippen LogP contribution in [0.5, 0.6) is 0 Å². The first-order valence-corrected chi connectivity index (χ1v) is 33.3. The van der Waals surface area contributed by atoms with E-state index in [1.165, 1.54) is 128 Å². The number of likely N-dealkylation sites (N-methyl/N-ethyl adjacent to an activating group) is 3. The summed E-state index contributed by atoms with van der Waals surface area (Å²) >= 11 is 3.60. The van der Waals surface area contributed by atoms with E-state index in [1.807, 2.05) is 41.9 Å². The highest BCUT2D eigenvalue weighted by Gasteiger charge is 2.18. The molecule has 16 nitrogen and oxygen atoms in total. The van der Waals surface area contributed by atoms with Crippen LogP contribution in [0.4, 0.5) is 0 Å². The van der Waals surface area contributed by atoms with Crippen LogP contribution in [0.15, 0.2) is 0 Å². The maximum atomic E-state index is 12.6. The van der Waals surface area contributed by atoms with E-state index >= 15 is 0 Å². The SMILES string of the molecule is CCCCCCCCCCCCSCC(C)C(=O)OCCOC(=O)CCN(C)CCN(CCN(C)CCC(=O)OCCOC(=O)C(C)CC)CCN(C)CCC(=O)OCCOC(=O)C(C)CSCCCCCCCCCCCC. The van der Waals surface area contributed by atoms with Crippen LogP contribution in [0.25, 0.3) is 0 Å². The van der Waals surface area contributed by atoms with Crippen LogP contribution >= 0.6 is 23.5 Å². The number of rotatable bonds is 57. The minimum atomic E-state index is -0.353. The van der Waals surface area contributed by atoms with E-state index in [-0.39, 0.29) is 112 Å². The molecule has 0 aromatic heterocycles. The van der Waals surface area contributed by atoms with Gasteiger partial charge >= 0.3 is 35.8 Å². The third-order valence-corrected chi connectivity index (χ3v) is 16.7. The van der Waals surface area contributed by atoms with Gasteiger partial charge in [-0.25, -0.2) is 0 Å². The first-order chi connectivity index (χ1) is 38.1. The molecule has 0 amide bonds. The van der Waals surface area contributed by atoms with Gasteiger partial charge in [0, 0.05) is 70.4 Å². The molecule has 0 spiro atoms. The van der Waals surface area contributed by atoms with Gasteiger partial charge in [-0.05, 0) is 51.9 Å². The van der Waals surface area contributed by atoms with Crippen LogP contribution in [0.3, 0.4) is 0 Å². The molecule has 0 heterocycles. The summed E-state index contributed by atoms with van der Waals surface area (Å²) in [6.45, 7) is 17.9. The fraction of sp³-hybridized carbons (Fsp3) is 0.902. The average molecular weight is 1160 g/mol. The topological polar surface area (TPSA) is 171 Å². The number of hydrogen-bond acceptors (Lipinski definition) is 18. The van der Waals surface area contributed by atoms with Gasteiger partial charge in [-0.15, -0.1) is 0 Å². The molecule has 0 saturated carbocycles. The van der Waals surface area contributed by atoms with Gasteiger partial charge in [0.15, 0.2) is 0 Å². The summed E-state index contributed by atoms with van der Waals surface area (Å²) in [6, 6.07) is 0. The number of thioether (sulfide) groups is 2. The van der Waals surface area contributed by atoms with Gasteiger partial charge in [0.05, 0.1) is 37.0 Å². The second kappa shape index (κ2) is 54.6. The molecule has 0 radical (unpaired) electrons. The third kappa shape index (κ3) is 49.7. The zero-order valence-corrected chi connectivity index (χ0v) is 53.3. The normalized spacial score (nSPS) is 12.7. The molecule has 0 N–H and O–H groups in total. The lowest BCUT2D eigenvalue weighted by Crippen LogP contribution is -2.42. The van der Waals surface area contributed by atoms with E-state index in [0.717, 1.165) is 23.0 Å². The van der Waals surface area contributed by atoms with E-state index in [1.54, 1.807) is 30.4 Å². The van der Waals surface area contributed by atoms with E-state index < -0.39 is 0 Å². The second-order valence-electron chi connectivity index (χ2n) is 21.8. The average Bonchev–Trinajstić information content (AvgIpc) is 3.44. The van der Waals surface area contributed by atoms with Crippen LogP contribution in [-0.4, -0.2) is 198 Å². The van der Waals surface area contributed by atoms with Gasteiger partial charge in [0.2, 0.25) is 0 Å². The van der Waals surface area contributed by atoms with Gasteiger partial charge in [0.25, 0.3) is 0 Å². The summed E-state index contributed by atoms with van der Waals surface area (Å²) < 4.78 is 32.1. The Balaban J connectivity index is 4.71. The van der Waals surface area contributed by atoms with Crippen molar-refractivity contribution in [3.05, 3.63) is 0 Å². The Morgan fingerprint density at radius 2 is 0.608 bits per heavy atom. The zero-order valence-electron chi connectivity index (χ0n) is 51.6. The van der Waals surface area contributed by atoms with Crippen LogP contribution in [0.2, 0.25) is 0 Å².